The lowest BCUT2D eigenvalue weighted by atomic mass is 10.2. The van der Waals surface area contributed by atoms with Gasteiger partial charge in [-0.05, 0) is 25.1 Å². The van der Waals surface area contributed by atoms with Crippen molar-refractivity contribution in [3.8, 4) is 5.75 Å². The molecule has 6 heteroatoms. The summed E-state index contributed by atoms with van der Waals surface area (Å²) in [5.41, 5.74) is 7.66. The lowest BCUT2D eigenvalue weighted by molar-refractivity contribution is 0.101. The average molecular weight is 246 g/mol. The fourth-order valence-electron chi connectivity index (χ4n) is 1.66. The fraction of sp³-hybridized carbons (Fsp3) is 0.167. The molecule has 0 aliphatic rings. The number of phenols is 1. The molecule has 1 heterocycles. The third kappa shape index (κ3) is 2.27. The number of aromatic nitrogens is 2. The second kappa shape index (κ2) is 4.40. The van der Waals surface area contributed by atoms with Gasteiger partial charge < -0.3 is 16.2 Å². The number of hydrogen-bond donors (Lipinski definition) is 3. The van der Waals surface area contributed by atoms with Crippen LogP contribution in [0, 0.1) is 6.92 Å². The smallest absolute Gasteiger partial charge is 0.273 e. The number of aryl methyl sites for hydroxylation is 2. The van der Waals surface area contributed by atoms with Crippen LogP contribution in [-0.4, -0.2) is 20.8 Å². The first-order valence-electron chi connectivity index (χ1n) is 5.38. The number of rotatable bonds is 2. The minimum atomic E-state index is -0.324. The maximum Gasteiger partial charge on any atom is 0.273 e. The normalized spacial score (nSPS) is 10.3. The van der Waals surface area contributed by atoms with Crippen LogP contribution in [0.4, 0.5) is 11.4 Å². The van der Waals surface area contributed by atoms with Gasteiger partial charge in [-0.3, -0.25) is 9.48 Å². The minimum Gasteiger partial charge on any atom is -0.508 e. The quantitative estimate of drug-likeness (QED) is 0.549. The number of aromatic hydroxyl groups is 1. The zero-order valence-electron chi connectivity index (χ0n) is 10.1. The van der Waals surface area contributed by atoms with E-state index in [1.165, 1.54) is 22.9 Å². The van der Waals surface area contributed by atoms with Crippen molar-refractivity contribution >= 4 is 17.3 Å². The first kappa shape index (κ1) is 12.0. The molecule has 0 saturated carbocycles. The standard InChI is InChI=1S/C12H14N4O2/c1-7-5-11(16(2)15-7)12(18)14-10-6-8(17)3-4-9(10)13/h3-6,17H,13H2,1-2H3,(H,14,18). The third-order valence-electron chi connectivity index (χ3n) is 2.52. The Hall–Kier alpha value is -2.50. The van der Waals surface area contributed by atoms with Crippen LogP contribution in [0.3, 0.4) is 0 Å². The van der Waals surface area contributed by atoms with Crippen LogP contribution < -0.4 is 11.1 Å². The minimum absolute atomic E-state index is 0.0423. The van der Waals surface area contributed by atoms with Gasteiger partial charge in [0, 0.05) is 13.1 Å². The summed E-state index contributed by atoms with van der Waals surface area (Å²) >= 11 is 0. The molecule has 2 aromatic rings. The summed E-state index contributed by atoms with van der Waals surface area (Å²) in [7, 11) is 1.69. The monoisotopic (exact) mass is 246 g/mol. The van der Waals surface area contributed by atoms with Gasteiger partial charge in [0.1, 0.15) is 11.4 Å². The molecule has 0 radical (unpaired) electrons. The Bertz CT molecular complexity index is 604. The van der Waals surface area contributed by atoms with Crippen LogP contribution in [0.1, 0.15) is 16.2 Å². The molecule has 18 heavy (non-hydrogen) atoms. The number of benzene rings is 1. The molecule has 0 saturated heterocycles. The number of phenolic OH excluding ortho intramolecular Hbond substituents is 1. The second-order valence-corrected chi connectivity index (χ2v) is 4.02. The molecule has 0 fully saturated rings. The third-order valence-corrected chi connectivity index (χ3v) is 2.52. The van der Waals surface area contributed by atoms with E-state index in [2.05, 4.69) is 10.4 Å². The van der Waals surface area contributed by atoms with E-state index in [1.807, 2.05) is 0 Å². The van der Waals surface area contributed by atoms with Crippen LogP contribution in [0.5, 0.6) is 5.75 Å². The largest absolute Gasteiger partial charge is 0.508 e. The van der Waals surface area contributed by atoms with Crippen molar-refractivity contribution < 1.29 is 9.90 Å². The average Bonchev–Trinajstić information content (AvgIpc) is 2.63. The van der Waals surface area contributed by atoms with E-state index >= 15 is 0 Å². The molecular weight excluding hydrogens is 232 g/mol. The van der Waals surface area contributed by atoms with Gasteiger partial charge in [-0.15, -0.1) is 0 Å². The van der Waals surface area contributed by atoms with E-state index in [-0.39, 0.29) is 11.7 Å². The van der Waals surface area contributed by atoms with Crippen molar-refractivity contribution in [1.82, 2.24) is 9.78 Å². The highest BCUT2D eigenvalue weighted by atomic mass is 16.3. The predicted octanol–water partition coefficient (Wildman–Crippen LogP) is 1.27. The number of anilines is 2. The highest BCUT2D eigenvalue weighted by molar-refractivity contribution is 6.04. The van der Waals surface area contributed by atoms with Crippen molar-refractivity contribution in [2.75, 3.05) is 11.1 Å². The molecule has 6 nitrogen and oxygen atoms in total. The van der Waals surface area contributed by atoms with E-state index in [9.17, 15) is 9.90 Å². The van der Waals surface area contributed by atoms with E-state index < -0.39 is 0 Å². The maximum absolute atomic E-state index is 12.0. The molecule has 1 aromatic heterocycles. The predicted molar refractivity (Wildman–Crippen MR) is 68.4 cm³/mol. The van der Waals surface area contributed by atoms with Gasteiger partial charge >= 0.3 is 0 Å². The van der Waals surface area contributed by atoms with Crippen LogP contribution >= 0.6 is 0 Å². The van der Waals surface area contributed by atoms with Gasteiger partial charge in [0.05, 0.1) is 17.1 Å². The Balaban J connectivity index is 2.26. The number of nitrogens with one attached hydrogen (secondary N) is 1. The summed E-state index contributed by atoms with van der Waals surface area (Å²) in [6, 6.07) is 6.06. The summed E-state index contributed by atoms with van der Waals surface area (Å²) in [4.78, 5) is 12.0. The highest BCUT2D eigenvalue weighted by Crippen LogP contribution is 2.24. The molecule has 0 spiro atoms. The molecule has 1 aromatic carbocycles. The molecule has 0 bridgehead atoms. The van der Waals surface area contributed by atoms with Crippen molar-refractivity contribution in [3.05, 3.63) is 35.7 Å². The summed E-state index contributed by atoms with van der Waals surface area (Å²) in [6.07, 6.45) is 0. The molecule has 94 valence electrons. The van der Waals surface area contributed by atoms with Crippen LogP contribution in [-0.2, 0) is 7.05 Å². The van der Waals surface area contributed by atoms with E-state index in [0.717, 1.165) is 5.69 Å². The number of carbonyl (C=O) groups excluding carboxylic acids is 1. The first-order valence-corrected chi connectivity index (χ1v) is 5.38. The van der Waals surface area contributed by atoms with Crippen LogP contribution in [0.15, 0.2) is 24.3 Å². The Morgan fingerprint density at radius 3 is 2.78 bits per heavy atom. The summed E-state index contributed by atoms with van der Waals surface area (Å²) in [5.74, 6) is -0.281. The first-order chi connectivity index (χ1) is 8.47. The Morgan fingerprint density at radius 2 is 2.17 bits per heavy atom. The van der Waals surface area contributed by atoms with Crippen LogP contribution in [0.25, 0.3) is 0 Å². The van der Waals surface area contributed by atoms with Gasteiger partial charge in [-0.25, -0.2) is 0 Å². The van der Waals surface area contributed by atoms with Gasteiger partial charge in [0.2, 0.25) is 0 Å². The van der Waals surface area contributed by atoms with Gasteiger partial charge in [0.15, 0.2) is 0 Å². The van der Waals surface area contributed by atoms with Crippen molar-refractivity contribution in [2.45, 2.75) is 6.92 Å². The van der Waals surface area contributed by atoms with E-state index in [0.29, 0.717) is 17.1 Å². The Labute approximate surface area is 104 Å². The number of carbonyl (C=O) groups is 1. The number of hydrogen-bond acceptors (Lipinski definition) is 4. The van der Waals surface area contributed by atoms with Gasteiger partial charge in [-0.2, -0.15) is 5.10 Å². The van der Waals surface area contributed by atoms with E-state index in [4.69, 9.17) is 5.73 Å². The summed E-state index contributed by atoms with van der Waals surface area (Å²) in [5, 5.41) is 16.1. The lowest BCUT2D eigenvalue weighted by Gasteiger charge is -2.08. The molecule has 0 atom stereocenters. The second-order valence-electron chi connectivity index (χ2n) is 4.02. The van der Waals surface area contributed by atoms with Crippen LogP contribution in [0.2, 0.25) is 0 Å². The van der Waals surface area contributed by atoms with Crippen molar-refractivity contribution in [1.29, 1.82) is 0 Å². The molecule has 0 aliphatic heterocycles. The molecule has 1 amide bonds. The SMILES string of the molecule is Cc1cc(C(=O)Nc2cc(O)ccc2N)n(C)n1. The molecule has 4 N–H and O–H groups in total. The highest BCUT2D eigenvalue weighted by Gasteiger charge is 2.13. The number of nitrogens with zero attached hydrogens (tertiary/aromatic N) is 2. The zero-order valence-corrected chi connectivity index (χ0v) is 10.1. The summed E-state index contributed by atoms with van der Waals surface area (Å²) < 4.78 is 1.49. The fourth-order valence-corrected chi connectivity index (χ4v) is 1.66. The summed E-state index contributed by atoms with van der Waals surface area (Å²) in [6.45, 7) is 1.81. The Morgan fingerprint density at radius 1 is 1.44 bits per heavy atom. The maximum atomic E-state index is 12.0. The molecular formula is C12H14N4O2. The topological polar surface area (TPSA) is 93.2 Å². The van der Waals surface area contributed by atoms with Gasteiger partial charge in [0.25, 0.3) is 5.91 Å². The van der Waals surface area contributed by atoms with Crippen molar-refractivity contribution in [2.24, 2.45) is 7.05 Å². The molecule has 2 rings (SSSR count). The molecule has 0 aliphatic carbocycles. The number of amides is 1. The van der Waals surface area contributed by atoms with Crippen molar-refractivity contribution in [3.63, 3.8) is 0 Å². The van der Waals surface area contributed by atoms with E-state index in [1.54, 1.807) is 20.0 Å². The lowest BCUT2D eigenvalue weighted by Crippen LogP contribution is -2.16. The molecule has 0 unspecified atom stereocenters. The zero-order chi connectivity index (χ0) is 13.3. The Kier molecular flexibility index (Phi) is 2.93. The van der Waals surface area contributed by atoms with Gasteiger partial charge in [-0.1, -0.05) is 0 Å². The number of nitrogen functional groups attached to an aromatic ring is 1. The number of nitrogens with two attached hydrogens (primary N) is 1.